The van der Waals surface area contributed by atoms with Crippen molar-refractivity contribution in [2.45, 2.75) is 26.3 Å². The molecule has 0 bridgehead atoms. The molecule has 124 valence electrons. The van der Waals surface area contributed by atoms with Crippen LogP contribution >= 0.6 is 0 Å². The van der Waals surface area contributed by atoms with Crippen LogP contribution in [0, 0.1) is 0 Å². The second kappa shape index (κ2) is 7.50. The highest BCUT2D eigenvalue weighted by atomic mass is 16.6. The van der Waals surface area contributed by atoms with Crippen molar-refractivity contribution in [1.82, 2.24) is 15.1 Å². The average molecular weight is 325 g/mol. The van der Waals surface area contributed by atoms with Crippen molar-refractivity contribution in [2.75, 3.05) is 0 Å². The lowest BCUT2D eigenvalue weighted by molar-refractivity contribution is 0.198. The summed E-state index contributed by atoms with van der Waals surface area (Å²) in [5, 5.41) is 7.02. The molecule has 0 saturated carbocycles. The Morgan fingerprint density at radius 3 is 2.79 bits per heavy atom. The number of rotatable bonds is 6. The molecule has 0 unspecified atom stereocenters. The minimum atomic E-state index is -0.531. The van der Waals surface area contributed by atoms with Gasteiger partial charge in [0.15, 0.2) is 5.75 Å². The number of carbonyl (C=O) groups excluding carboxylic acids is 1. The molecule has 0 aliphatic rings. The van der Waals surface area contributed by atoms with Crippen molar-refractivity contribution in [2.24, 2.45) is 0 Å². The van der Waals surface area contributed by atoms with Crippen molar-refractivity contribution in [3.05, 3.63) is 66.4 Å². The molecule has 24 heavy (non-hydrogen) atoms. The minimum absolute atomic E-state index is 0.280. The summed E-state index contributed by atoms with van der Waals surface area (Å²) in [6.45, 7) is 2.35. The van der Waals surface area contributed by atoms with Crippen molar-refractivity contribution >= 4 is 6.09 Å². The lowest BCUT2D eigenvalue weighted by Crippen LogP contribution is -2.26. The number of furan rings is 1. The lowest BCUT2D eigenvalue weighted by Gasteiger charge is -2.09. The van der Waals surface area contributed by atoms with Gasteiger partial charge in [-0.3, -0.25) is 0 Å². The maximum atomic E-state index is 12.0. The summed E-state index contributed by atoms with van der Waals surface area (Å²) in [5.74, 6) is 1.14. The van der Waals surface area contributed by atoms with E-state index in [1.165, 1.54) is 0 Å². The van der Waals surface area contributed by atoms with E-state index in [-0.39, 0.29) is 6.54 Å². The zero-order valence-electron chi connectivity index (χ0n) is 13.4. The van der Waals surface area contributed by atoms with Gasteiger partial charge < -0.3 is 14.5 Å². The quantitative estimate of drug-likeness (QED) is 0.750. The van der Waals surface area contributed by atoms with Gasteiger partial charge in [-0.25, -0.2) is 9.48 Å². The first-order chi connectivity index (χ1) is 11.8. The number of nitrogens with zero attached hydrogens (tertiary/aromatic N) is 2. The Balaban J connectivity index is 1.73. The molecule has 1 N–H and O–H groups in total. The predicted octanol–water partition coefficient (Wildman–Crippen LogP) is 3.71. The first-order valence-electron chi connectivity index (χ1n) is 7.88. The maximum Gasteiger partial charge on any atom is 0.413 e. The summed E-state index contributed by atoms with van der Waals surface area (Å²) >= 11 is 0. The fourth-order valence-electron chi connectivity index (χ4n) is 2.41. The third kappa shape index (κ3) is 3.65. The van der Waals surface area contributed by atoms with Crippen LogP contribution in [0.5, 0.6) is 5.75 Å². The summed E-state index contributed by atoms with van der Waals surface area (Å²) in [7, 11) is 0. The van der Waals surface area contributed by atoms with E-state index in [4.69, 9.17) is 9.15 Å². The van der Waals surface area contributed by atoms with E-state index in [0.717, 1.165) is 24.2 Å². The van der Waals surface area contributed by atoms with E-state index >= 15 is 0 Å². The van der Waals surface area contributed by atoms with Crippen LogP contribution in [0.3, 0.4) is 0 Å². The highest BCUT2D eigenvalue weighted by Crippen LogP contribution is 2.23. The highest BCUT2D eigenvalue weighted by molar-refractivity contribution is 5.70. The molecule has 1 aromatic carbocycles. The van der Waals surface area contributed by atoms with Crippen LogP contribution in [0.4, 0.5) is 4.79 Å². The Morgan fingerprint density at radius 2 is 2.08 bits per heavy atom. The largest absolute Gasteiger partial charge is 0.467 e. The third-order valence-corrected chi connectivity index (χ3v) is 3.51. The molecule has 3 aromatic rings. The van der Waals surface area contributed by atoms with Gasteiger partial charge in [0.2, 0.25) is 0 Å². The van der Waals surface area contributed by atoms with Crippen molar-refractivity contribution in [1.29, 1.82) is 0 Å². The number of aromatic nitrogens is 2. The fraction of sp³-hybridized carbons (Fsp3) is 0.222. The van der Waals surface area contributed by atoms with E-state index in [1.54, 1.807) is 29.3 Å². The van der Waals surface area contributed by atoms with Gasteiger partial charge in [0, 0.05) is 0 Å². The van der Waals surface area contributed by atoms with Crippen LogP contribution in [0.15, 0.2) is 59.3 Å². The van der Waals surface area contributed by atoms with Gasteiger partial charge >= 0.3 is 6.09 Å². The molecule has 2 heterocycles. The average Bonchev–Trinajstić information content (AvgIpc) is 3.25. The molecule has 0 saturated heterocycles. The van der Waals surface area contributed by atoms with Crippen LogP contribution in [0.2, 0.25) is 0 Å². The molecule has 0 spiro atoms. The molecule has 3 rings (SSSR count). The maximum absolute atomic E-state index is 12.0. The van der Waals surface area contributed by atoms with Crippen LogP contribution < -0.4 is 10.1 Å². The molecular weight excluding hydrogens is 306 g/mol. The molecule has 0 aliphatic heterocycles. The monoisotopic (exact) mass is 325 g/mol. The summed E-state index contributed by atoms with van der Waals surface area (Å²) in [6, 6.07) is 13.3. The van der Waals surface area contributed by atoms with Crippen molar-refractivity contribution in [3.8, 4) is 11.4 Å². The van der Waals surface area contributed by atoms with Gasteiger partial charge in [-0.15, -0.1) is 0 Å². The Bertz CT molecular complexity index is 779. The van der Waals surface area contributed by atoms with Gasteiger partial charge in [0.25, 0.3) is 0 Å². The van der Waals surface area contributed by atoms with Gasteiger partial charge in [-0.2, -0.15) is 5.10 Å². The molecule has 0 fully saturated rings. The molecule has 6 heteroatoms. The number of para-hydroxylation sites is 1. The van der Waals surface area contributed by atoms with Crippen LogP contribution in [-0.4, -0.2) is 15.9 Å². The normalized spacial score (nSPS) is 10.5. The number of benzene rings is 1. The summed E-state index contributed by atoms with van der Waals surface area (Å²) < 4.78 is 12.4. The Labute approximate surface area is 140 Å². The minimum Gasteiger partial charge on any atom is -0.467 e. The van der Waals surface area contributed by atoms with E-state index in [0.29, 0.717) is 11.5 Å². The topological polar surface area (TPSA) is 69.3 Å². The second-order valence-electron chi connectivity index (χ2n) is 5.28. The lowest BCUT2D eigenvalue weighted by atomic mass is 10.2. The number of ether oxygens (including phenoxy) is 1. The van der Waals surface area contributed by atoms with E-state index in [1.807, 2.05) is 30.3 Å². The van der Waals surface area contributed by atoms with Crippen LogP contribution in [-0.2, 0) is 13.0 Å². The number of carbonyl (C=O) groups is 1. The van der Waals surface area contributed by atoms with E-state index in [2.05, 4.69) is 17.3 Å². The molecule has 2 aromatic heterocycles. The third-order valence-electron chi connectivity index (χ3n) is 3.51. The summed E-state index contributed by atoms with van der Waals surface area (Å²) in [4.78, 5) is 12.0. The smallest absolute Gasteiger partial charge is 0.413 e. The number of amides is 1. The zero-order valence-corrected chi connectivity index (χ0v) is 13.4. The fourth-order valence-corrected chi connectivity index (χ4v) is 2.41. The Morgan fingerprint density at radius 1 is 1.25 bits per heavy atom. The molecule has 0 aliphatic carbocycles. The number of hydrogen-bond donors (Lipinski definition) is 1. The van der Waals surface area contributed by atoms with Gasteiger partial charge in [-0.05, 0) is 30.7 Å². The van der Waals surface area contributed by atoms with Gasteiger partial charge in [0.1, 0.15) is 5.76 Å². The first kappa shape index (κ1) is 15.9. The number of nitrogens with one attached hydrogen (secondary N) is 1. The number of hydrogen-bond acceptors (Lipinski definition) is 4. The second-order valence-corrected chi connectivity index (χ2v) is 5.28. The van der Waals surface area contributed by atoms with E-state index in [9.17, 15) is 4.79 Å². The van der Waals surface area contributed by atoms with Gasteiger partial charge in [-0.1, -0.05) is 31.5 Å². The first-order valence-corrected chi connectivity index (χ1v) is 7.88. The summed E-state index contributed by atoms with van der Waals surface area (Å²) in [5.41, 5.74) is 1.81. The summed E-state index contributed by atoms with van der Waals surface area (Å²) in [6.07, 6.45) is 4.28. The van der Waals surface area contributed by atoms with Gasteiger partial charge in [0.05, 0.1) is 30.4 Å². The zero-order chi connectivity index (χ0) is 16.8. The standard InChI is InChI=1S/C18H19N3O3/c1-2-7-16-17(13-20-21(16)14-8-4-3-5-9-14)24-18(22)19-12-15-10-6-11-23-15/h3-6,8-11,13H,2,7,12H2,1H3,(H,19,22). The molecule has 1 amide bonds. The highest BCUT2D eigenvalue weighted by Gasteiger charge is 2.16. The van der Waals surface area contributed by atoms with Crippen LogP contribution in [0.25, 0.3) is 5.69 Å². The van der Waals surface area contributed by atoms with Crippen molar-refractivity contribution < 1.29 is 13.9 Å². The predicted molar refractivity (Wildman–Crippen MR) is 89.1 cm³/mol. The van der Waals surface area contributed by atoms with E-state index < -0.39 is 6.09 Å². The Kier molecular flexibility index (Phi) is 4.96. The molecule has 0 atom stereocenters. The van der Waals surface area contributed by atoms with Crippen molar-refractivity contribution in [3.63, 3.8) is 0 Å². The molecule has 0 radical (unpaired) electrons. The molecular formula is C18H19N3O3. The van der Waals surface area contributed by atoms with Crippen LogP contribution in [0.1, 0.15) is 24.8 Å². The molecule has 6 nitrogen and oxygen atoms in total. The Hall–Kier alpha value is -3.02. The SMILES string of the molecule is CCCc1c(OC(=O)NCc2ccco2)cnn1-c1ccccc1.